The van der Waals surface area contributed by atoms with Crippen LogP contribution in [-0.2, 0) is 0 Å². The molecule has 19 heavy (non-hydrogen) atoms. The molecule has 1 atom stereocenters. The number of hydrogen-bond donors (Lipinski definition) is 1. The molecule has 3 nitrogen and oxygen atoms in total. The maximum Gasteiger partial charge on any atom is 0.253 e. The molecule has 0 saturated carbocycles. The second-order valence-electron chi connectivity index (χ2n) is 5.14. The topological polar surface area (TPSA) is 23.6 Å². The third-order valence-corrected chi connectivity index (χ3v) is 4.00. The molecule has 1 amide bonds. The monoisotopic (exact) mass is 282 g/mol. The van der Waals surface area contributed by atoms with Crippen LogP contribution in [0.1, 0.15) is 23.2 Å². The SMILES string of the molecule is CN1CCCC(N(C)C(=O)c2ccc(F)c(S)c2)C1. The Kier molecular flexibility index (Phi) is 4.47. The molecule has 0 spiro atoms. The Hall–Kier alpha value is -1.07. The number of amides is 1. The largest absolute Gasteiger partial charge is 0.337 e. The lowest BCUT2D eigenvalue weighted by Crippen LogP contribution is -2.47. The van der Waals surface area contributed by atoms with Crippen molar-refractivity contribution in [1.82, 2.24) is 9.80 Å². The minimum Gasteiger partial charge on any atom is -0.337 e. The van der Waals surface area contributed by atoms with Crippen LogP contribution in [0.4, 0.5) is 4.39 Å². The number of likely N-dealkylation sites (N-methyl/N-ethyl adjacent to an activating group) is 2. The van der Waals surface area contributed by atoms with Gasteiger partial charge in [-0.05, 0) is 44.6 Å². The summed E-state index contributed by atoms with van der Waals surface area (Å²) in [5.74, 6) is -0.476. The molecule has 0 radical (unpaired) electrons. The zero-order valence-corrected chi connectivity index (χ0v) is 12.2. The number of nitrogens with zero attached hydrogens (tertiary/aromatic N) is 2. The van der Waals surface area contributed by atoms with Gasteiger partial charge in [0.05, 0.1) is 0 Å². The van der Waals surface area contributed by atoms with Crippen LogP contribution in [0.5, 0.6) is 0 Å². The Balaban J connectivity index is 2.11. The predicted molar refractivity (Wildman–Crippen MR) is 76.3 cm³/mol. The van der Waals surface area contributed by atoms with Gasteiger partial charge in [-0.1, -0.05) is 0 Å². The molecule has 2 rings (SSSR count). The van der Waals surface area contributed by atoms with E-state index < -0.39 is 5.82 Å². The van der Waals surface area contributed by atoms with Gasteiger partial charge in [0.25, 0.3) is 5.91 Å². The van der Waals surface area contributed by atoms with E-state index in [1.807, 2.05) is 7.05 Å². The Morgan fingerprint density at radius 2 is 2.26 bits per heavy atom. The van der Waals surface area contributed by atoms with E-state index in [1.165, 1.54) is 18.2 Å². The van der Waals surface area contributed by atoms with Crippen LogP contribution in [0.3, 0.4) is 0 Å². The number of benzene rings is 1. The first kappa shape index (κ1) is 14.3. The van der Waals surface area contributed by atoms with E-state index >= 15 is 0 Å². The highest BCUT2D eigenvalue weighted by molar-refractivity contribution is 7.80. The summed E-state index contributed by atoms with van der Waals surface area (Å²) in [6.45, 7) is 1.97. The van der Waals surface area contributed by atoms with Crippen molar-refractivity contribution < 1.29 is 9.18 Å². The molecule has 1 heterocycles. The third-order valence-electron chi connectivity index (χ3n) is 3.66. The minimum absolute atomic E-state index is 0.0735. The zero-order chi connectivity index (χ0) is 14.0. The summed E-state index contributed by atoms with van der Waals surface area (Å²) in [5, 5.41) is 0. The zero-order valence-electron chi connectivity index (χ0n) is 11.3. The van der Waals surface area contributed by atoms with Gasteiger partial charge in [0.15, 0.2) is 0 Å². The van der Waals surface area contributed by atoms with E-state index in [1.54, 1.807) is 4.90 Å². The van der Waals surface area contributed by atoms with Crippen LogP contribution in [0.2, 0.25) is 0 Å². The van der Waals surface area contributed by atoms with Gasteiger partial charge in [-0.3, -0.25) is 4.79 Å². The Labute approximate surface area is 118 Å². The van der Waals surface area contributed by atoms with Crippen molar-refractivity contribution in [2.45, 2.75) is 23.8 Å². The lowest BCUT2D eigenvalue weighted by molar-refractivity contribution is 0.0643. The molecule has 104 valence electrons. The second kappa shape index (κ2) is 5.92. The Morgan fingerprint density at radius 3 is 2.89 bits per heavy atom. The number of halogens is 1. The van der Waals surface area contributed by atoms with Crippen LogP contribution in [0.15, 0.2) is 23.1 Å². The van der Waals surface area contributed by atoms with Crippen molar-refractivity contribution in [3.05, 3.63) is 29.6 Å². The number of hydrogen-bond acceptors (Lipinski definition) is 3. The van der Waals surface area contributed by atoms with E-state index in [0.717, 1.165) is 25.9 Å². The number of carbonyl (C=O) groups excluding carboxylic acids is 1. The molecule has 1 fully saturated rings. The molecular formula is C14H19FN2OS. The molecule has 1 unspecified atom stereocenters. The van der Waals surface area contributed by atoms with E-state index in [4.69, 9.17) is 0 Å². The van der Waals surface area contributed by atoms with Gasteiger partial charge in [0.1, 0.15) is 5.82 Å². The number of thiol groups is 1. The molecule has 0 bridgehead atoms. The van der Waals surface area contributed by atoms with Crippen LogP contribution >= 0.6 is 12.6 Å². The molecule has 1 aromatic carbocycles. The first-order valence-corrected chi connectivity index (χ1v) is 6.88. The molecule has 1 aliphatic rings. The van der Waals surface area contributed by atoms with Gasteiger partial charge in [0, 0.05) is 30.1 Å². The smallest absolute Gasteiger partial charge is 0.253 e. The number of likely N-dealkylation sites (tertiary alicyclic amines) is 1. The fourth-order valence-electron chi connectivity index (χ4n) is 2.47. The van der Waals surface area contributed by atoms with E-state index in [9.17, 15) is 9.18 Å². The molecule has 0 aromatic heterocycles. The van der Waals surface area contributed by atoms with Crippen LogP contribution in [-0.4, -0.2) is 48.9 Å². The van der Waals surface area contributed by atoms with Crippen LogP contribution in [0.25, 0.3) is 0 Å². The van der Waals surface area contributed by atoms with Crippen molar-refractivity contribution in [3.63, 3.8) is 0 Å². The quantitative estimate of drug-likeness (QED) is 0.841. The highest BCUT2D eigenvalue weighted by atomic mass is 32.1. The lowest BCUT2D eigenvalue weighted by atomic mass is 10.0. The molecule has 1 aromatic rings. The average Bonchev–Trinajstić information content (AvgIpc) is 2.40. The maximum atomic E-state index is 13.2. The van der Waals surface area contributed by atoms with Gasteiger partial charge < -0.3 is 9.80 Å². The summed E-state index contributed by atoms with van der Waals surface area (Å²) in [6, 6.07) is 4.51. The second-order valence-corrected chi connectivity index (χ2v) is 5.62. The van der Waals surface area contributed by atoms with Gasteiger partial charge in [-0.15, -0.1) is 12.6 Å². The fraction of sp³-hybridized carbons (Fsp3) is 0.500. The summed E-state index contributed by atoms with van der Waals surface area (Å²) < 4.78 is 13.2. The van der Waals surface area contributed by atoms with Gasteiger partial charge in [-0.25, -0.2) is 4.39 Å². The summed E-state index contributed by atoms with van der Waals surface area (Å²) in [6.07, 6.45) is 2.11. The normalized spacial score (nSPS) is 20.3. The van der Waals surface area contributed by atoms with Crippen molar-refractivity contribution in [2.24, 2.45) is 0 Å². The fourth-order valence-corrected chi connectivity index (χ4v) is 2.68. The van der Waals surface area contributed by atoms with E-state index in [0.29, 0.717) is 5.56 Å². The highest BCUT2D eigenvalue weighted by Crippen LogP contribution is 2.19. The summed E-state index contributed by atoms with van der Waals surface area (Å²) in [4.78, 5) is 16.6. The Bertz CT molecular complexity index is 481. The molecular weight excluding hydrogens is 263 g/mol. The number of rotatable bonds is 2. The first-order chi connectivity index (χ1) is 8.99. The highest BCUT2D eigenvalue weighted by Gasteiger charge is 2.25. The summed E-state index contributed by atoms with van der Waals surface area (Å²) >= 11 is 4.02. The minimum atomic E-state index is -0.403. The van der Waals surface area contributed by atoms with Crippen molar-refractivity contribution in [3.8, 4) is 0 Å². The standard InChI is InChI=1S/C14H19FN2OS/c1-16-7-3-4-11(9-16)17(2)14(18)10-5-6-12(15)13(19)8-10/h5-6,8,11,19H,3-4,7,9H2,1-2H3. The van der Waals surface area contributed by atoms with Gasteiger partial charge in [0.2, 0.25) is 0 Å². The molecule has 0 N–H and O–H groups in total. The average molecular weight is 282 g/mol. The third kappa shape index (κ3) is 3.28. The molecule has 5 heteroatoms. The molecule has 0 aliphatic carbocycles. The van der Waals surface area contributed by atoms with Gasteiger partial charge in [-0.2, -0.15) is 0 Å². The Morgan fingerprint density at radius 1 is 1.53 bits per heavy atom. The number of piperidine rings is 1. The van der Waals surface area contributed by atoms with Crippen molar-refractivity contribution in [1.29, 1.82) is 0 Å². The predicted octanol–water partition coefficient (Wildman–Crippen LogP) is 2.28. The van der Waals surface area contributed by atoms with Crippen LogP contribution in [0, 0.1) is 5.82 Å². The van der Waals surface area contributed by atoms with Crippen molar-refractivity contribution >= 4 is 18.5 Å². The van der Waals surface area contributed by atoms with Gasteiger partial charge >= 0.3 is 0 Å². The molecule has 1 saturated heterocycles. The van der Waals surface area contributed by atoms with Crippen LogP contribution < -0.4 is 0 Å². The summed E-state index contributed by atoms with van der Waals surface area (Å²) in [7, 11) is 3.88. The number of carbonyl (C=O) groups is 1. The van der Waals surface area contributed by atoms with E-state index in [2.05, 4.69) is 24.6 Å². The lowest BCUT2D eigenvalue weighted by Gasteiger charge is -2.35. The van der Waals surface area contributed by atoms with Crippen molar-refractivity contribution in [2.75, 3.05) is 27.2 Å². The summed E-state index contributed by atoms with van der Waals surface area (Å²) in [5.41, 5.74) is 0.488. The van der Waals surface area contributed by atoms with E-state index in [-0.39, 0.29) is 16.8 Å². The molecule has 1 aliphatic heterocycles. The maximum absolute atomic E-state index is 13.2. The first-order valence-electron chi connectivity index (χ1n) is 6.43.